The average Bonchev–Trinajstić information content (AvgIpc) is 2.90. The van der Waals surface area contributed by atoms with Gasteiger partial charge in [0.2, 0.25) is 5.71 Å². The molecule has 1 aliphatic rings. The van der Waals surface area contributed by atoms with Crippen LogP contribution in [0.4, 0.5) is 0 Å². The summed E-state index contributed by atoms with van der Waals surface area (Å²) in [5, 5.41) is 3.29. The number of piperidine rings is 1. The fourth-order valence-electron chi connectivity index (χ4n) is 3.16. The normalized spacial score (nSPS) is 16.4. The van der Waals surface area contributed by atoms with Gasteiger partial charge in [0.15, 0.2) is 0 Å². The van der Waals surface area contributed by atoms with Crippen molar-refractivity contribution < 1.29 is 9.21 Å². The molecule has 1 fully saturated rings. The molecule has 0 saturated carbocycles. The number of rotatable bonds is 4. The zero-order chi connectivity index (χ0) is 17.3. The molecule has 2 aromatic heterocycles. The Balaban J connectivity index is 1.80. The van der Waals surface area contributed by atoms with E-state index >= 15 is 0 Å². The number of nitrogens with zero attached hydrogens (tertiary/aromatic N) is 3. The van der Waals surface area contributed by atoms with Crippen LogP contribution >= 0.6 is 0 Å². The molecule has 0 spiro atoms. The molecule has 1 saturated heterocycles. The highest BCUT2D eigenvalue weighted by molar-refractivity contribution is 6.06. The van der Waals surface area contributed by atoms with Crippen molar-refractivity contribution in [2.45, 2.75) is 25.8 Å². The van der Waals surface area contributed by atoms with Gasteiger partial charge in [0.05, 0.1) is 5.56 Å². The molecule has 3 rings (SSSR count). The van der Waals surface area contributed by atoms with E-state index in [4.69, 9.17) is 4.42 Å². The van der Waals surface area contributed by atoms with Gasteiger partial charge >= 0.3 is 0 Å². The van der Waals surface area contributed by atoms with Crippen molar-refractivity contribution in [2.75, 3.05) is 19.6 Å². The van der Waals surface area contributed by atoms with Gasteiger partial charge in [-0.3, -0.25) is 14.5 Å². The predicted octanol–water partition coefficient (Wildman–Crippen LogP) is 1.22. The fraction of sp³-hybridized carbons (Fsp3) is 0.471. The maximum Gasteiger partial charge on any atom is 0.265 e. The molecule has 128 valence electrons. The summed E-state index contributed by atoms with van der Waals surface area (Å²) < 4.78 is 6.84. The molecule has 7 nitrogen and oxygen atoms in total. The van der Waals surface area contributed by atoms with Gasteiger partial charge in [-0.15, -0.1) is 6.58 Å². The third-order valence-corrected chi connectivity index (χ3v) is 4.49. The van der Waals surface area contributed by atoms with E-state index in [-0.39, 0.29) is 28.6 Å². The van der Waals surface area contributed by atoms with Crippen LogP contribution in [0.2, 0.25) is 0 Å². The molecule has 3 heterocycles. The minimum absolute atomic E-state index is 0.100. The SMILES string of the molecule is C=CCN1CCC(NC(=O)c2c(C)oc3ncn(C)c(=O)c23)CC1. The lowest BCUT2D eigenvalue weighted by molar-refractivity contribution is 0.0914. The van der Waals surface area contributed by atoms with E-state index < -0.39 is 0 Å². The van der Waals surface area contributed by atoms with Crippen LogP contribution in [0.1, 0.15) is 29.0 Å². The Morgan fingerprint density at radius 1 is 1.50 bits per heavy atom. The highest BCUT2D eigenvalue weighted by Crippen LogP contribution is 2.21. The molecule has 1 aliphatic heterocycles. The van der Waals surface area contributed by atoms with E-state index in [1.807, 2.05) is 6.08 Å². The minimum Gasteiger partial charge on any atom is -0.442 e. The molecule has 1 N–H and O–H groups in total. The summed E-state index contributed by atoms with van der Waals surface area (Å²) in [6.45, 7) is 8.15. The van der Waals surface area contributed by atoms with E-state index in [1.165, 1.54) is 10.9 Å². The third-order valence-electron chi connectivity index (χ3n) is 4.49. The Kier molecular flexibility index (Phi) is 4.53. The van der Waals surface area contributed by atoms with E-state index in [0.717, 1.165) is 32.5 Å². The summed E-state index contributed by atoms with van der Waals surface area (Å²) >= 11 is 0. The Morgan fingerprint density at radius 2 is 2.21 bits per heavy atom. The largest absolute Gasteiger partial charge is 0.442 e. The summed E-state index contributed by atoms with van der Waals surface area (Å²) in [5.74, 6) is 0.154. The van der Waals surface area contributed by atoms with Crippen molar-refractivity contribution >= 4 is 17.0 Å². The quantitative estimate of drug-likeness (QED) is 0.853. The Hall–Kier alpha value is -2.41. The molecule has 7 heteroatoms. The van der Waals surface area contributed by atoms with Gasteiger partial charge in [0.25, 0.3) is 11.5 Å². The molecular formula is C17H22N4O3. The zero-order valence-corrected chi connectivity index (χ0v) is 14.0. The van der Waals surface area contributed by atoms with Crippen molar-refractivity contribution in [2.24, 2.45) is 7.05 Å². The number of likely N-dealkylation sites (tertiary alicyclic amines) is 1. The Bertz CT molecular complexity index is 828. The summed E-state index contributed by atoms with van der Waals surface area (Å²) in [6, 6.07) is 0.100. The number of hydrogen-bond acceptors (Lipinski definition) is 5. The second kappa shape index (κ2) is 6.60. The van der Waals surface area contributed by atoms with Crippen LogP contribution in [0.5, 0.6) is 0 Å². The highest BCUT2D eigenvalue weighted by Gasteiger charge is 2.26. The summed E-state index contributed by atoms with van der Waals surface area (Å²) in [7, 11) is 1.61. The van der Waals surface area contributed by atoms with Crippen molar-refractivity contribution in [1.29, 1.82) is 0 Å². The summed E-state index contributed by atoms with van der Waals surface area (Å²) in [6.07, 6.45) is 5.04. The smallest absolute Gasteiger partial charge is 0.265 e. The lowest BCUT2D eigenvalue weighted by Crippen LogP contribution is -2.44. The molecule has 0 bridgehead atoms. The first kappa shape index (κ1) is 16.4. The molecule has 0 aliphatic carbocycles. The predicted molar refractivity (Wildman–Crippen MR) is 91.1 cm³/mol. The summed E-state index contributed by atoms with van der Waals surface area (Å²) in [5.41, 5.74) is 0.233. The van der Waals surface area contributed by atoms with Crippen LogP contribution in [0.15, 0.2) is 28.2 Å². The fourth-order valence-corrected chi connectivity index (χ4v) is 3.16. The van der Waals surface area contributed by atoms with Crippen LogP contribution in [0, 0.1) is 6.92 Å². The molecule has 2 aromatic rings. The lowest BCUT2D eigenvalue weighted by atomic mass is 10.0. The average molecular weight is 330 g/mol. The first-order valence-corrected chi connectivity index (χ1v) is 8.10. The molecule has 24 heavy (non-hydrogen) atoms. The monoisotopic (exact) mass is 330 g/mol. The van der Waals surface area contributed by atoms with Gasteiger partial charge in [0, 0.05) is 32.7 Å². The molecule has 0 unspecified atom stereocenters. The van der Waals surface area contributed by atoms with E-state index in [1.54, 1.807) is 14.0 Å². The number of nitrogens with one attached hydrogen (secondary N) is 1. The highest BCUT2D eigenvalue weighted by atomic mass is 16.3. The number of aryl methyl sites for hydroxylation is 2. The second-order valence-electron chi connectivity index (χ2n) is 6.21. The first-order valence-electron chi connectivity index (χ1n) is 8.10. The van der Waals surface area contributed by atoms with E-state index in [0.29, 0.717) is 11.3 Å². The standard InChI is InChI=1S/C17H22N4O3/c1-4-7-21-8-5-12(6-9-21)19-15(22)13-11(2)24-16-14(13)17(23)20(3)10-18-16/h4,10,12H,1,5-9H2,2-3H3,(H,19,22). The van der Waals surface area contributed by atoms with E-state index in [9.17, 15) is 9.59 Å². The van der Waals surface area contributed by atoms with Gasteiger partial charge in [-0.1, -0.05) is 6.08 Å². The molecule has 0 radical (unpaired) electrons. The summed E-state index contributed by atoms with van der Waals surface area (Å²) in [4.78, 5) is 31.4. The van der Waals surface area contributed by atoms with Crippen LogP contribution in [-0.4, -0.2) is 46.0 Å². The molecular weight excluding hydrogens is 308 g/mol. The van der Waals surface area contributed by atoms with Gasteiger partial charge in [0.1, 0.15) is 17.5 Å². The maximum absolute atomic E-state index is 12.7. The van der Waals surface area contributed by atoms with Gasteiger partial charge in [-0.05, 0) is 19.8 Å². The van der Waals surface area contributed by atoms with Crippen LogP contribution in [-0.2, 0) is 7.05 Å². The lowest BCUT2D eigenvalue weighted by Gasteiger charge is -2.31. The zero-order valence-electron chi connectivity index (χ0n) is 14.0. The number of hydrogen-bond donors (Lipinski definition) is 1. The molecule has 0 atom stereocenters. The topological polar surface area (TPSA) is 80.4 Å². The number of carbonyl (C=O) groups excluding carboxylic acids is 1. The van der Waals surface area contributed by atoms with Crippen LogP contribution in [0.3, 0.4) is 0 Å². The third kappa shape index (κ3) is 2.99. The van der Waals surface area contributed by atoms with Crippen molar-refractivity contribution in [3.63, 3.8) is 0 Å². The number of furan rings is 1. The molecule has 1 amide bonds. The van der Waals surface area contributed by atoms with Gasteiger partial charge in [-0.25, -0.2) is 4.98 Å². The number of amides is 1. The number of aromatic nitrogens is 2. The molecule has 0 aromatic carbocycles. The van der Waals surface area contributed by atoms with E-state index in [2.05, 4.69) is 21.8 Å². The number of carbonyl (C=O) groups is 1. The Morgan fingerprint density at radius 3 is 2.88 bits per heavy atom. The Labute approximate surface area is 140 Å². The minimum atomic E-state index is -0.275. The number of fused-ring (bicyclic) bond motifs is 1. The van der Waals surface area contributed by atoms with Crippen LogP contribution < -0.4 is 10.9 Å². The van der Waals surface area contributed by atoms with Crippen molar-refractivity contribution in [3.05, 3.63) is 40.7 Å². The van der Waals surface area contributed by atoms with Gasteiger partial charge in [-0.2, -0.15) is 0 Å². The second-order valence-corrected chi connectivity index (χ2v) is 6.21. The maximum atomic E-state index is 12.7. The van der Waals surface area contributed by atoms with Crippen molar-refractivity contribution in [1.82, 2.24) is 19.8 Å². The first-order chi connectivity index (χ1) is 11.5. The van der Waals surface area contributed by atoms with Crippen molar-refractivity contribution in [3.8, 4) is 0 Å². The van der Waals surface area contributed by atoms with Crippen LogP contribution in [0.25, 0.3) is 11.1 Å². The van der Waals surface area contributed by atoms with Gasteiger partial charge < -0.3 is 14.3 Å².